The third-order valence-electron chi connectivity index (χ3n) is 6.58. The second-order valence-electron chi connectivity index (χ2n) is 8.90. The minimum atomic E-state index is -0.134. The smallest absolute Gasteiger partial charge is 0.341 e. The van der Waals surface area contributed by atoms with Crippen molar-refractivity contribution in [1.82, 2.24) is 4.57 Å². The number of nitrogens with zero attached hydrogens (tertiary/aromatic N) is 2. The van der Waals surface area contributed by atoms with Crippen LogP contribution >= 0.6 is 0 Å². The first-order chi connectivity index (χ1) is 18.5. The molecule has 0 fully saturated rings. The summed E-state index contributed by atoms with van der Waals surface area (Å²) >= 11 is 0. The SMILES string of the molecule is COc1ccccc1COc1ccc(Cn2c(=O)c(C)c(-c3ccccc3O)[n+]3ccccc23)cc1OC. The molecule has 0 unspecified atom stereocenters. The number of rotatable bonds is 8. The van der Waals surface area contributed by atoms with Crippen LogP contribution in [0.15, 0.2) is 95.9 Å². The Hall–Kier alpha value is -4.78. The van der Waals surface area contributed by atoms with Crippen LogP contribution in [0.4, 0.5) is 0 Å². The normalized spacial score (nSPS) is 10.9. The molecule has 0 saturated carbocycles. The van der Waals surface area contributed by atoms with E-state index in [0.717, 1.165) is 16.9 Å². The van der Waals surface area contributed by atoms with Crippen molar-refractivity contribution < 1.29 is 23.7 Å². The summed E-state index contributed by atoms with van der Waals surface area (Å²) in [6.45, 7) is 2.44. The summed E-state index contributed by atoms with van der Waals surface area (Å²) in [4.78, 5) is 13.6. The van der Waals surface area contributed by atoms with Gasteiger partial charge in [0.15, 0.2) is 17.2 Å². The summed E-state index contributed by atoms with van der Waals surface area (Å²) in [5, 5.41) is 10.5. The van der Waals surface area contributed by atoms with E-state index in [1.807, 2.05) is 83.4 Å². The Morgan fingerprint density at radius 3 is 2.37 bits per heavy atom. The molecule has 7 nitrogen and oxygen atoms in total. The Morgan fingerprint density at radius 1 is 0.842 bits per heavy atom. The van der Waals surface area contributed by atoms with Crippen LogP contribution in [0.25, 0.3) is 16.9 Å². The number of phenolic OH excluding ortho intramolecular Hbond substituents is 1. The molecular weight excluding hydrogens is 480 g/mol. The van der Waals surface area contributed by atoms with E-state index in [1.54, 1.807) is 37.8 Å². The lowest BCUT2D eigenvalue weighted by atomic mass is 10.1. The van der Waals surface area contributed by atoms with Crippen LogP contribution in [0, 0.1) is 6.92 Å². The van der Waals surface area contributed by atoms with Crippen LogP contribution in [-0.2, 0) is 13.2 Å². The molecule has 0 saturated heterocycles. The Labute approximate surface area is 220 Å². The maximum Gasteiger partial charge on any atom is 0.341 e. The van der Waals surface area contributed by atoms with E-state index in [2.05, 4.69) is 0 Å². The molecule has 3 aromatic carbocycles. The summed E-state index contributed by atoms with van der Waals surface area (Å²) < 4.78 is 20.8. The van der Waals surface area contributed by atoms with E-state index in [9.17, 15) is 9.90 Å². The number of aromatic hydroxyl groups is 1. The van der Waals surface area contributed by atoms with Crippen LogP contribution in [-0.4, -0.2) is 23.9 Å². The van der Waals surface area contributed by atoms with E-state index in [1.165, 1.54) is 0 Å². The number of hydrogen-bond donors (Lipinski definition) is 1. The van der Waals surface area contributed by atoms with Gasteiger partial charge in [-0.05, 0) is 48.9 Å². The average Bonchev–Trinajstić information content (AvgIpc) is 2.95. The largest absolute Gasteiger partial charge is 0.507 e. The molecule has 0 aliphatic rings. The van der Waals surface area contributed by atoms with Gasteiger partial charge in [0.1, 0.15) is 24.7 Å². The van der Waals surface area contributed by atoms with E-state index in [0.29, 0.717) is 47.1 Å². The molecule has 0 atom stereocenters. The molecule has 2 aromatic heterocycles. The molecule has 0 aliphatic carbocycles. The second-order valence-corrected chi connectivity index (χ2v) is 8.90. The van der Waals surface area contributed by atoms with Crippen LogP contribution in [0.1, 0.15) is 16.7 Å². The highest BCUT2D eigenvalue weighted by atomic mass is 16.5. The monoisotopic (exact) mass is 509 g/mol. The van der Waals surface area contributed by atoms with Crippen molar-refractivity contribution in [3.63, 3.8) is 0 Å². The molecule has 5 aromatic rings. The Balaban J connectivity index is 1.51. The quantitative estimate of drug-likeness (QED) is 0.301. The minimum Gasteiger partial charge on any atom is -0.507 e. The Bertz CT molecular complexity index is 1680. The van der Waals surface area contributed by atoms with Crippen LogP contribution in [0.5, 0.6) is 23.0 Å². The molecule has 0 amide bonds. The lowest BCUT2D eigenvalue weighted by Crippen LogP contribution is -2.38. The van der Waals surface area contributed by atoms with Crippen LogP contribution < -0.4 is 24.2 Å². The zero-order valence-electron chi connectivity index (χ0n) is 21.5. The fraction of sp³-hybridized carbons (Fsp3) is 0.161. The summed E-state index contributed by atoms with van der Waals surface area (Å²) in [6.07, 6.45) is 1.90. The van der Waals surface area contributed by atoms with E-state index in [-0.39, 0.29) is 11.3 Å². The van der Waals surface area contributed by atoms with Crippen molar-refractivity contribution in [3.05, 3.63) is 118 Å². The molecule has 192 valence electrons. The van der Waals surface area contributed by atoms with Crippen molar-refractivity contribution >= 4 is 5.65 Å². The van der Waals surface area contributed by atoms with E-state index >= 15 is 0 Å². The second kappa shape index (κ2) is 10.7. The number of ether oxygens (including phenoxy) is 3. The first-order valence-electron chi connectivity index (χ1n) is 12.3. The third-order valence-corrected chi connectivity index (χ3v) is 6.58. The molecule has 7 heteroatoms. The lowest BCUT2D eigenvalue weighted by molar-refractivity contribution is -0.504. The Kier molecular flexibility index (Phi) is 7.00. The third kappa shape index (κ3) is 4.66. The highest BCUT2D eigenvalue weighted by Crippen LogP contribution is 2.31. The summed E-state index contributed by atoms with van der Waals surface area (Å²) in [6, 6.07) is 26.1. The first kappa shape index (κ1) is 24.9. The zero-order valence-corrected chi connectivity index (χ0v) is 21.5. The van der Waals surface area contributed by atoms with Gasteiger partial charge < -0.3 is 19.3 Å². The average molecular weight is 510 g/mol. The highest BCUT2D eigenvalue weighted by Gasteiger charge is 2.24. The van der Waals surface area contributed by atoms with Gasteiger partial charge in [-0.2, -0.15) is 8.97 Å². The van der Waals surface area contributed by atoms with Gasteiger partial charge in [0.2, 0.25) is 0 Å². The molecule has 2 heterocycles. The van der Waals surface area contributed by atoms with E-state index < -0.39 is 0 Å². The molecule has 0 spiro atoms. The van der Waals surface area contributed by atoms with Crippen molar-refractivity contribution in [2.45, 2.75) is 20.1 Å². The number of phenols is 1. The number of hydrogen-bond acceptors (Lipinski definition) is 5. The molecule has 0 radical (unpaired) electrons. The first-order valence-corrected chi connectivity index (χ1v) is 12.3. The van der Waals surface area contributed by atoms with Crippen molar-refractivity contribution in [3.8, 4) is 34.3 Å². The van der Waals surface area contributed by atoms with Crippen molar-refractivity contribution in [2.24, 2.45) is 0 Å². The lowest BCUT2D eigenvalue weighted by Gasteiger charge is -2.14. The topological polar surface area (TPSA) is 74.0 Å². The molecule has 1 N–H and O–H groups in total. The molecule has 38 heavy (non-hydrogen) atoms. The number of aromatic nitrogens is 2. The fourth-order valence-electron chi connectivity index (χ4n) is 4.68. The van der Waals surface area contributed by atoms with Gasteiger partial charge in [-0.25, -0.2) is 4.79 Å². The van der Waals surface area contributed by atoms with Gasteiger partial charge >= 0.3 is 5.56 Å². The summed E-state index contributed by atoms with van der Waals surface area (Å²) in [5.74, 6) is 2.05. The molecule has 0 aliphatic heterocycles. The number of pyridine rings is 1. The van der Waals surface area contributed by atoms with Gasteiger partial charge in [0.05, 0.1) is 31.5 Å². The fourth-order valence-corrected chi connectivity index (χ4v) is 4.68. The van der Waals surface area contributed by atoms with Crippen molar-refractivity contribution in [1.29, 1.82) is 0 Å². The van der Waals surface area contributed by atoms with Crippen LogP contribution in [0.3, 0.4) is 0 Å². The highest BCUT2D eigenvalue weighted by molar-refractivity contribution is 5.67. The van der Waals surface area contributed by atoms with Gasteiger partial charge in [-0.15, -0.1) is 0 Å². The maximum absolute atomic E-state index is 13.6. The molecule has 5 rings (SSSR count). The van der Waals surface area contributed by atoms with Crippen LogP contribution in [0.2, 0.25) is 0 Å². The zero-order chi connectivity index (χ0) is 26.6. The van der Waals surface area contributed by atoms with Gasteiger partial charge in [0.25, 0.3) is 5.65 Å². The predicted molar refractivity (Wildman–Crippen MR) is 145 cm³/mol. The Morgan fingerprint density at radius 2 is 1.58 bits per heavy atom. The number of benzene rings is 3. The van der Waals surface area contributed by atoms with Gasteiger partial charge in [-0.3, -0.25) is 0 Å². The summed E-state index contributed by atoms with van der Waals surface area (Å²) in [5.41, 5.74) is 4.19. The predicted octanol–water partition coefficient (Wildman–Crippen LogP) is 4.91. The number of methoxy groups -OCH3 is 2. The maximum atomic E-state index is 13.6. The van der Waals surface area contributed by atoms with Gasteiger partial charge in [-0.1, -0.05) is 42.5 Å². The number of para-hydroxylation sites is 2. The molecular formula is C31H29N2O5+. The minimum absolute atomic E-state index is 0.124. The molecule has 0 bridgehead atoms. The summed E-state index contributed by atoms with van der Waals surface area (Å²) in [7, 11) is 3.23. The number of fused-ring (bicyclic) bond motifs is 1. The standard InChI is InChI=1S/C31H28N2O5/c1-21-30(24-11-5-6-12-25(24)34)32-17-9-8-14-29(32)33(31(21)35)19-22-15-16-27(28(18-22)37-3)38-20-23-10-4-7-13-26(23)36-2/h4-18H,19-20H2,1-3H3/p+1. The van der Waals surface area contributed by atoms with E-state index in [4.69, 9.17) is 14.2 Å². The van der Waals surface area contributed by atoms with Crippen molar-refractivity contribution in [2.75, 3.05) is 14.2 Å². The van der Waals surface area contributed by atoms with Gasteiger partial charge in [0, 0.05) is 11.6 Å².